The molecule has 2 nitrogen and oxygen atoms in total. The summed E-state index contributed by atoms with van der Waals surface area (Å²) in [4.78, 5) is 0. The Morgan fingerprint density at radius 2 is 2.18 bits per heavy atom. The number of fused-ring (bicyclic) bond motifs is 2. The van der Waals surface area contributed by atoms with Crippen molar-refractivity contribution < 1.29 is 4.74 Å². The minimum absolute atomic E-state index is 0.694. The van der Waals surface area contributed by atoms with E-state index < -0.39 is 0 Å². The van der Waals surface area contributed by atoms with Gasteiger partial charge in [0.2, 0.25) is 0 Å². The van der Waals surface area contributed by atoms with E-state index in [2.05, 4.69) is 12.2 Å². The quantitative estimate of drug-likeness (QED) is 0.702. The maximum absolute atomic E-state index is 5.24. The maximum Gasteiger partial charge on any atom is 0.0477 e. The number of hydrogen-bond donors (Lipinski definition) is 1. The Morgan fingerprint density at radius 3 is 2.76 bits per heavy atom. The average Bonchev–Trinajstić information content (AvgIpc) is 2.94. The first-order valence-electron chi connectivity index (χ1n) is 7.55. The van der Waals surface area contributed by atoms with Crippen LogP contribution in [-0.4, -0.2) is 26.3 Å². The highest BCUT2D eigenvalue weighted by Crippen LogP contribution is 2.49. The summed E-state index contributed by atoms with van der Waals surface area (Å²) in [6.07, 6.45) is 9.90. The summed E-state index contributed by atoms with van der Waals surface area (Å²) in [6, 6.07) is 0.694. The second kappa shape index (κ2) is 6.75. The van der Waals surface area contributed by atoms with Crippen LogP contribution in [0.2, 0.25) is 0 Å². The van der Waals surface area contributed by atoms with Crippen LogP contribution in [0.15, 0.2) is 0 Å². The van der Waals surface area contributed by atoms with Crippen molar-refractivity contribution >= 4 is 0 Å². The topological polar surface area (TPSA) is 21.3 Å². The van der Waals surface area contributed by atoms with Gasteiger partial charge < -0.3 is 10.1 Å². The van der Waals surface area contributed by atoms with Crippen LogP contribution in [0.3, 0.4) is 0 Å². The van der Waals surface area contributed by atoms with E-state index in [0.717, 1.165) is 30.9 Å². The van der Waals surface area contributed by atoms with Gasteiger partial charge in [-0.15, -0.1) is 0 Å². The second-order valence-electron chi connectivity index (χ2n) is 6.10. The molecule has 2 aliphatic rings. The third-order valence-corrected chi connectivity index (χ3v) is 4.83. The maximum atomic E-state index is 5.24. The predicted molar refractivity (Wildman–Crippen MR) is 72.1 cm³/mol. The van der Waals surface area contributed by atoms with Crippen LogP contribution in [0.5, 0.6) is 0 Å². The van der Waals surface area contributed by atoms with Gasteiger partial charge in [-0.2, -0.15) is 0 Å². The molecular formula is C15H29NO. The van der Waals surface area contributed by atoms with Gasteiger partial charge in [0.05, 0.1) is 0 Å². The van der Waals surface area contributed by atoms with Crippen molar-refractivity contribution in [3.05, 3.63) is 0 Å². The molecule has 0 aromatic heterocycles. The van der Waals surface area contributed by atoms with Gasteiger partial charge in [0.1, 0.15) is 0 Å². The molecule has 100 valence electrons. The molecule has 0 aromatic carbocycles. The van der Waals surface area contributed by atoms with E-state index in [1.165, 1.54) is 44.9 Å². The summed E-state index contributed by atoms with van der Waals surface area (Å²) in [6.45, 7) is 4.31. The van der Waals surface area contributed by atoms with Crippen LogP contribution >= 0.6 is 0 Å². The van der Waals surface area contributed by atoms with Gasteiger partial charge in [-0.1, -0.05) is 13.3 Å². The largest absolute Gasteiger partial charge is 0.385 e. The van der Waals surface area contributed by atoms with Crippen molar-refractivity contribution in [2.45, 2.75) is 57.9 Å². The smallest absolute Gasteiger partial charge is 0.0477 e. The van der Waals surface area contributed by atoms with Gasteiger partial charge >= 0.3 is 0 Å². The van der Waals surface area contributed by atoms with Crippen LogP contribution in [0.1, 0.15) is 51.9 Å². The molecule has 0 heterocycles. The summed E-state index contributed by atoms with van der Waals surface area (Å²) in [5.41, 5.74) is 0. The summed E-state index contributed by atoms with van der Waals surface area (Å²) in [5.74, 6) is 3.16. The highest BCUT2D eigenvalue weighted by molar-refractivity contribution is 4.91. The molecule has 2 rings (SSSR count). The van der Waals surface area contributed by atoms with Crippen molar-refractivity contribution in [3.63, 3.8) is 0 Å². The highest BCUT2D eigenvalue weighted by atomic mass is 16.5. The monoisotopic (exact) mass is 239 g/mol. The van der Waals surface area contributed by atoms with Crippen molar-refractivity contribution in [1.82, 2.24) is 5.32 Å². The lowest BCUT2D eigenvalue weighted by Crippen LogP contribution is -2.34. The standard InChI is InChI=1S/C15H29NO/c1-3-7-16-15(6-8-17-2)11-14-10-12-4-5-13(14)9-12/h12-16H,3-11H2,1-2H3. The van der Waals surface area contributed by atoms with Crippen LogP contribution < -0.4 is 5.32 Å². The van der Waals surface area contributed by atoms with E-state index in [-0.39, 0.29) is 0 Å². The minimum Gasteiger partial charge on any atom is -0.385 e. The van der Waals surface area contributed by atoms with Gasteiger partial charge in [0.15, 0.2) is 0 Å². The SMILES string of the molecule is CCCNC(CCOC)CC1CC2CCC1C2. The molecule has 1 N–H and O–H groups in total. The summed E-state index contributed by atoms with van der Waals surface area (Å²) in [5, 5.41) is 3.71. The van der Waals surface area contributed by atoms with Crippen LogP contribution in [0, 0.1) is 17.8 Å². The lowest BCUT2D eigenvalue weighted by Gasteiger charge is -2.27. The molecule has 0 aromatic rings. The van der Waals surface area contributed by atoms with E-state index in [1.807, 2.05) is 7.11 Å². The third-order valence-electron chi connectivity index (χ3n) is 4.83. The Morgan fingerprint density at radius 1 is 1.29 bits per heavy atom. The fourth-order valence-corrected chi connectivity index (χ4v) is 3.94. The summed E-state index contributed by atoms with van der Waals surface area (Å²) >= 11 is 0. The molecule has 4 atom stereocenters. The molecule has 0 radical (unpaired) electrons. The van der Waals surface area contributed by atoms with Gasteiger partial charge in [0.25, 0.3) is 0 Å². The molecule has 2 saturated carbocycles. The Bertz CT molecular complexity index is 211. The zero-order valence-corrected chi connectivity index (χ0v) is 11.6. The van der Waals surface area contributed by atoms with Gasteiger partial charge in [-0.3, -0.25) is 0 Å². The molecule has 0 saturated heterocycles. The van der Waals surface area contributed by atoms with E-state index in [9.17, 15) is 0 Å². The van der Waals surface area contributed by atoms with Crippen LogP contribution in [0.25, 0.3) is 0 Å². The molecule has 4 unspecified atom stereocenters. The third kappa shape index (κ3) is 3.69. The minimum atomic E-state index is 0.694. The molecule has 2 heteroatoms. The second-order valence-corrected chi connectivity index (χ2v) is 6.10. The van der Waals surface area contributed by atoms with Gasteiger partial charge in [0, 0.05) is 19.8 Å². The molecule has 2 aliphatic carbocycles. The first-order valence-corrected chi connectivity index (χ1v) is 7.55. The lowest BCUT2D eigenvalue weighted by molar-refractivity contribution is 0.171. The Kier molecular flexibility index (Phi) is 5.30. The zero-order valence-electron chi connectivity index (χ0n) is 11.6. The van der Waals surface area contributed by atoms with Crippen LogP contribution in [-0.2, 0) is 4.74 Å². The van der Waals surface area contributed by atoms with Crippen molar-refractivity contribution in [2.24, 2.45) is 17.8 Å². The molecule has 17 heavy (non-hydrogen) atoms. The molecule has 0 spiro atoms. The van der Waals surface area contributed by atoms with E-state index >= 15 is 0 Å². The molecular weight excluding hydrogens is 210 g/mol. The molecule has 0 aliphatic heterocycles. The normalized spacial score (nSPS) is 33.2. The fourth-order valence-electron chi connectivity index (χ4n) is 3.94. The van der Waals surface area contributed by atoms with Crippen molar-refractivity contribution in [2.75, 3.05) is 20.3 Å². The fraction of sp³-hybridized carbons (Fsp3) is 1.00. The van der Waals surface area contributed by atoms with E-state index in [4.69, 9.17) is 4.74 Å². The van der Waals surface area contributed by atoms with Gasteiger partial charge in [-0.05, 0) is 62.8 Å². The molecule has 2 bridgehead atoms. The number of rotatable bonds is 8. The van der Waals surface area contributed by atoms with Crippen molar-refractivity contribution in [1.29, 1.82) is 0 Å². The van der Waals surface area contributed by atoms with Crippen LogP contribution in [0.4, 0.5) is 0 Å². The summed E-state index contributed by atoms with van der Waals surface area (Å²) in [7, 11) is 1.81. The number of hydrogen-bond acceptors (Lipinski definition) is 2. The first-order chi connectivity index (χ1) is 8.33. The Hall–Kier alpha value is -0.0800. The Labute approximate surface area is 107 Å². The zero-order chi connectivity index (χ0) is 12.1. The van der Waals surface area contributed by atoms with E-state index in [0.29, 0.717) is 6.04 Å². The predicted octanol–water partition coefficient (Wildman–Crippen LogP) is 3.22. The first kappa shape index (κ1) is 13.4. The number of nitrogens with one attached hydrogen (secondary N) is 1. The van der Waals surface area contributed by atoms with E-state index in [1.54, 1.807) is 0 Å². The number of methoxy groups -OCH3 is 1. The molecule has 2 fully saturated rings. The molecule has 0 amide bonds. The highest BCUT2D eigenvalue weighted by Gasteiger charge is 2.39. The van der Waals surface area contributed by atoms with Gasteiger partial charge in [-0.25, -0.2) is 0 Å². The van der Waals surface area contributed by atoms with Crippen molar-refractivity contribution in [3.8, 4) is 0 Å². The lowest BCUT2D eigenvalue weighted by atomic mass is 9.83. The average molecular weight is 239 g/mol. The summed E-state index contributed by atoms with van der Waals surface area (Å²) < 4.78 is 5.24. The number of ether oxygens (including phenoxy) is 1. The Balaban J connectivity index is 1.75.